The molecule has 0 N–H and O–H groups in total. The molecule has 9 heteroatoms. The Morgan fingerprint density at radius 3 is 2.54 bits per heavy atom. The maximum Gasteiger partial charge on any atom is 0.282 e. The van der Waals surface area contributed by atoms with Gasteiger partial charge in [-0.15, -0.1) is 0 Å². The maximum absolute atomic E-state index is 12.7. The normalized spacial score (nSPS) is 17.3. The maximum atomic E-state index is 12.7. The second kappa shape index (κ2) is 7.05. The number of carbonyl (C=O) groups excluding carboxylic acids is 1. The fourth-order valence-electron chi connectivity index (χ4n) is 2.98. The lowest BCUT2D eigenvalue weighted by atomic mass is 10.1. The minimum atomic E-state index is -3.58. The number of likely N-dealkylation sites (tertiary alicyclic amines) is 1. The molecule has 1 heterocycles. The van der Waals surface area contributed by atoms with Crippen LogP contribution in [0.15, 0.2) is 53.4 Å². The molecule has 1 atom stereocenters. The van der Waals surface area contributed by atoms with E-state index in [1.807, 2.05) is 0 Å². The van der Waals surface area contributed by atoms with E-state index in [1.54, 1.807) is 18.2 Å². The molecular weight excluding hydrogens is 380 g/mol. The highest BCUT2D eigenvalue weighted by Gasteiger charge is 2.37. The van der Waals surface area contributed by atoms with E-state index >= 15 is 0 Å². The SMILES string of the molecule is O=C(c1cc(Cl)ccc1[N+](=O)[O-])N1CCC(S(=O)(=O)c2ccccc2)C1. The van der Waals surface area contributed by atoms with Crippen LogP contribution in [0.3, 0.4) is 0 Å². The van der Waals surface area contributed by atoms with Crippen molar-refractivity contribution in [3.63, 3.8) is 0 Å². The van der Waals surface area contributed by atoms with Crippen molar-refractivity contribution < 1.29 is 18.1 Å². The van der Waals surface area contributed by atoms with Crippen molar-refractivity contribution in [1.29, 1.82) is 0 Å². The standard InChI is InChI=1S/C17H15ClN2O5S/c18-12-6-7-16(20(22)23)15(10-12)17(21)19-9-8-14(11-19)26(24,25)13-4-2-1-3-5-13/h1-7,10,14H,8-9,11H2. The lowest BCUT2D eigenvalue weighted by Gasteiger charge is -2.17. The van der Waals surface area contributed by atoms with Crippen molar-refractivity contribution in [2.24, 2.45) is 0 Å². The topological polar surface area (TPSA) is 97.6 Å². The highest BCUT2D eigenvalue weighted by molar-refractivity contribution is 7.92. The van der Waals surface area contributed by atoms with Gasteiger partial charge in [-0.1, -0.05) is 29.8 Å². The molecule has 7 nitrogen and oxygen atoms in total. The van der Waals surface area contributed by atoms with Gasteiger partial charge in [0.2, 0.25) is 0 Å². The number of carbonyl (C=O) groups is 1. The third-order valence-electron chi connectivity index (χ3n) is 4.33. The zero-order valence-corrected chi connectivity index (χ0v) is 15.1. The van der Waals surface area contributed by atoms with Gasteiger partial charge in [-0.05, 0) is 30.7 Å². The lowest BCUT2D eigenvalue weighted by Crippen LogP contribution is -2.32. The summed E-state index contributed by atoms with van der Waals surface area (Å²) in [6, 6.07) is 11.8. The van der Waals surface area contributed by atoms with Gasteiger partial charge in [-0.3, -0.25) is 14.9 Å². The van der Waals surface area contributed by atoms with Crippen LogP contribution in [0.2, 0.25) is 5.02 Å². The summed E-state index contributed by atoms with van der Waals surface area (Å²) in [7, 11) is -3.58. The molecule has 136 valence electrons. The molecular formula is C17H15ClN2O5S. The summed E-state index contributed by atoms with van der Waals surface area (Å²) in [6.45, 7) is 0.193. The van der Waals surface area contributed by atoms with Gasteiger partial charge >= 0.3 is 0 Å². The molecule has 1 aliphatic heterocycles. The van der Waals surface area contributed by atoms with Gasteiger partial charge in [0.15, 0.2) is 9.84 Å². The van der Waals surface area contributed by atoms with Gasteiger partial charge in [0.25, 0.3) is 11.6 Å². The molecule has 0 radical (unpaired) electrons. The highest BCUT2D eigenvalue weighted by Crippen LogP contribution is 2.28. The van der Waals surface area contributed by atoms with E-state index in [0.29, 0.717) is 0 Å². The fraction of sp³-hybridized carbons (Fsp3) is 0.235. The quantitative estimate of drug-likeness (QED) is 0.586. The zero-order valence-electron chi connectivity index (χ0n) is 13.5. The van der Waals surface area contributed by atoms with Crippen molar-refractivity contribution in [3.05, 3.63) is 69.2 Å². The van der Waals surface area contributed by atoms with E-state index in [0.717, 1.165) is 0 Å². The molecule has 2 aromatic rings. The van der Waals surface area contributed by atoms with E-state index in [4.69, 9.17) is 11.6 Å². The molecule has 3 rings (SSSR count). The Hall–Kier alpha value is -2.45. The zero-order chi connectivity index (χ0) is 18.9. The van der Waals surface area contributed by atoms with Gasteiger partial charge in [0.05, 0.1) is 15.1 Å². The van der Waals surface area contributed by atoms with Gasteiger partial charge in [0, 0.05) is 24.2 Å². The number of nitro groups is 1. The Balaban J connectivity index is 1.85. The van der Waals surface area contributed by atoms with Crippen molar-refractivity contribution >= 4 is 33.0 Å². The lowest BCUT2D eigenvalue weighted by molar-refractivity contribution is -0.385. The van der Waals surface area contributed by atoms with Crippen LogP contribution in [-0.2, 0) is 9.84 Å². The monoisotopic (exact) mass is 394 g/mol. The third kappa shape index (κ3) is 3.42. The van der Waals surface area contributed by atoms with Crippen molar-refractivity contribution in [1.82, 2.24) is 4.90 Å². The molecule has 1 saturated heterocycles. The van der Waals surface area contributed by atoms with Gasteiger partial charge < -0.3 is 4.90 Å². The summed E-state index contributed by atoms with van der Waals surface area (Å²) >= 11 is 5.86. The second-order valence-corrected chi connectivity index (χ2v) is 8.60. The number of hydrogen-bond acceptors (Lipinski definition) is 5. The van der Waals surface area contributed by atoms with E-state index in [2.05, 4.69) is 0 Å². The van der Waals surface area contributed by atoms with Gasteiger partial charge in [-0.2, -0.15) is 0 Å². The number of halogens is 1. The summed E-state index contributed by atoms with van der Waals surface area (Å²) in [5.41, 5.74) is -0.492. The predicted molar refractivity (Wildman–Crippen MR) is 96.0 cm³/mol. The number of benzene rings is 2. The molecule has 1 unspecified atom stereocenters. The summed E-state index contributed by atoms with van der Waals surface area (Å²) in [6.07, 6.45) is 0.275. The van der Waals surface area contributed by atoms with E-state index < -0.39 is 25.9 Å². The van der Waals surface area contributed by atoms with Crippen LogP contribution in [-0.4, -0.2) is 42.5 Å². The van der Waals surface area contributed by atoms with Crippen molar-refractivity contribution in [2.45, 2.75) is 16.6 Å². The smallest absolute Gasteiger partial charge is 0.282 e. The fourth-order valence-corrected chi connectivity index (χ4v) is 4.86. The largest absolute Gasteiger partial charge is 0.337 e. The molecule has 0 saturated carbocycles. The third-order valence-corrected chi connectivity index (χ3v) is 6.76. The molecule has 26 heavy (non-hydrogen) atoms. The van der Waals surface area contributed by atoms with Gasteiger partial charge in [0.1, 0.15) is 5.56 Å². The van der Waals surface area contributed by atoms with Crippen LogP contribution < -0.4 is 0 Å². The average Bonchev–Trinajstić information content (AvgIpc) is 3.12. The molecule has 0 spiro atoms. The van der Waals surface area contributed by atoms with Crippen LogP contribution in [0.5, 0.6) is 0 Å². The Labute approximate surface area is 155 Å². The van der Waals surface area contributed by atoms with E-state index in [-0.39, 0.29) is 40.7 Å². The summed E-state index contributed by atoms with van der Waals surface area (Å²) in [5, 5.41) is 10.6. The number of nitrogens with zero attached hydrogens (tertiary/aromatic N) is 2. The number of hydrogen-bond donors (Lipinski definition) is 0. The molecule has 1 fully saturated rings. The Bertz CT molecular complexity index is 962. The van der Waals surface area contributed by atoms with E-state index in [1.165, 1.54) is 35.2 Å². The first-order valence-corrected chi connectivity index (χ1v) is 9.75. The van der Waals surface area contributed by atoms with Crippen LogP contribution in [0.1, 0.15) is 16.8 Å². The van der Waals surface area contributed by atoms with Crippen LogP contribution >= 0.6 is 11.6 Å². The Kier molecular flexibility index (Phi) is 4.97. The highest BCUT2D eigenvalue weighted by atomic mass is 35.5. The summed E-state index contributed by atoms with van der Waals surface area (Å²) in [4.78, 5) is 24.7. The van der Waals surface area contributed by atoms with Crippen LogP contribution in [0, 0.1) is 10.1 Å². The first-order valence-electron chi connectivity index (χ1n) is 7.83. The molecule has 0 aliphatic carbocycles. The Morgan fingerprint density at radius 1 is 1.19 bits per heavy atom. The summed E-state index contributed by atoms with van der Waals surface area (Å²) < 4.78 is 25.4. The number of nitro benzene ring substituents is 1. The predicted octanol–water partition coefficient (Wildman–Crippen LogP) is 2.94. The Morgan fingerprint density at radius 2 is 1.88 bits per heavy atom. The number of rotatable bonds is 4. The molecule has 1 amide bonds. The van der Waals surface area contributed by atoms with Crippen molar-refractivity contribution in [3.8, 4) is 0 Å². The van der Waals surface area contributed by atoms with Gasteiger partial charge in [-0.25, -0.2) is 8.42 Å². The van der Waals surface area contributed by atoms with Crippen molar-refractivity contribution in [2.75, 3.05) is 13.1 Å². The molecule has 1 aliphatic rings. The van der Waals surface area contributed by atoms with E-state index in [9.17, 15) is 23.3 Å². The first kappa shape index (κ1) is 18.3. The molecule has 0 bridgehead atoms. The first-order chi connectivity index (χ1) is 12.3. The second-order valence-electron chi connectivity index (χ2n) is 5.94. The molecule has 0 aromatic heterocycles. The molecule has 2 aromatic carbocycles. The summed E-state index contributed by atoms with van der Waals surface area (Å²) in [5.74, 6) is -0.593. The average molecular weight is 395 g/mol. The minimum absolute atomic E-state index is 0.0142. The minimum Gasteiger partial charge on any atom is -0.337 e. The van der Waals surface area contributed by atoms with Crippen LogP contribution in [0.25, 0.3) is 0 Å². The number of sulfone groups is 1. The van der Waals surface area contributed by atoms with Crippen LogP contribution in [0.4, 0.5) is 5.69 Å². The number of amides is 1.